The Balaban J connectivity index is 2.39. The van der Waals surface area contributed by atoms with Crippen LogP contribution in [-0.2, 0) is 9.53 Å². The van der Waals surface area contributed by atoms with E-state index in [9.17, 15) is 9.59 Å². The zero-order chi connectivity index (χ0) is 13.6. The second-order valence-corrected chi connectivity index (χ2v) is 5.74. The van der Waals surface area contributed by atoms with Gasteiger partial charge in [-0.05, 0) is 27.7 Å². The maximum Gasteiger partial charge on any atom is 0.177 e. The summed E-state index contributed by atoms with van der Waals surface area (Å²) in [6.45, 7) is 7.03. The Kier molecular flexibility index (Phi) is 2.90. The van der Waals surface area contributed by atoms with Crippen molar-refractivity contribution in [1.82, 2.24) is 0 Å². The molecule has 0 spiro atoms. The van der Waals surface area contributed by atoms with Gasteiger partial charge >= 0.3 is 0 Å². The number of carbonyl (C=O) groups excluding carboxylic acids is 2. The topological polar surface area (TPSA) is 43.4 Å². The number of Topliss-reactive ketones (excluding diaryl/α,β-unsaturated/α-hetero) is 2. The molecule has 0 bridgehead atoms. The molecule has 1 aromatic rings. The fourth-order valence-electron chi connectivity index (χ4n) is 2.63. The Morgan fingerprint density at radius 1 is 1.11 bits per heavy atom. The highest BCUT2D eigenvalue weighted by atomic mass is 16.5. The first-order valence-corrected chi connectivity index (χ1v) is 6.09. The van der Waals surface area contributed by atoms with Crippen LogP contribution in [0.3, 0.4) is 0 Å². The standard InChI is InChI=1S/C15H18O3/c1-14(2)11(13(17)15(3,4)18-14)12(16)10-8-6-5-7-9-10/h5-9,11H,1-4H3. The third-order valence-corrected chi connectivity index (χ3v) is 3.39. The van der Waals surface area contributed by atoms with E-state index in [0.29, 0.717) is 5.56 Å². The summed E-state index contributed by atoms with van der Waals surface area (Å²) in [5.74, 6) is -1.02. The fraction of sp³-hybridized carbons (Fsp3) is 0.467. The van der Waals surface area contributed by atoms with Crippen molar-refractivity contribution < 1.29 is 14.3 Å². The maximum atomic E-state index is 12.5. The summed E-state index contributed by atoms with van der Waals surface area (Å²) in [4.78, 5) is 24.8. The van der Waals surface area contributed by atoms with E-state index in [1.165, 1.54) is 0 Å². The largest absolute Gasteiger partial charge is 0.361 e. The highest BCUT2D eigenvalue weighted by Gasteiger charge is 2.56. The summed E-state index contributed by atoms with van der Waals surface area (Å²) < 4.78 is 5.73. The molecule has 96 valence electrons. The van der Waals surface area contributed by atoms with Gasteiger partial charge in [-0.3, -0.25) is 9.59 Å². The lowest BCUT2D eigenvalue weighted by molar-refractivity contribution is -0.132. The second-order valence-electron chi connectivity index (χ2n) is 5.74. The van der Waals surface area contributed by atoms with Gasteiger partial charge < -0.3 is 4.74 Å². The van der Waals surface area contributed by atoms with E-state index in [1.807, 2.05) is 6.07 Å². The fourth-order valence-corrected chi connectivity index (χ4v) is 2.63. The first-order chi connectivity index (χ1) is 8.26. The number of carbonyl (C=O) groups is 2. The van der Waals surface area contributed by atoms with Gasteiger partial charge in [0, 0.05) is 5.56 Å². The van der Waals surface area contributed by atoms with Gasteiger partial charge in [0.25, 0.3) is 0 Å². The van der Waals surface area contributed by atoms with Crippen LogP contribution in [0.4, 0.5) is 0 Å². The summed E-state index contributed by atoms with van der Waals surface area (Å²) in [5, 5.41) is 0. The van der Waals surface area contributed by atoms with Gasteiger partial charge in [-0.2, -0.15) is 0 Å². The SMILES string of the molecule is CC1(C)OC(C)(C)C(C(=O)c2ccccc2)C1=O. The minimum Gasteiger partial charge on any atom is -0.361 e. The molecule has 0 N–H and O–H groups in total. The molecule has 0 amide bonds. The molecule has 18 heavy (non-hydrogen) atoms. The van der Waals surface area contributed by atoms with Crippen LogP contribution in [0.25, 0.3) is 0 Å². The lowest BCUT2D eigenvalue weighted by atomic mass is 9.80. The Morgan fingerprint density at radius 3 is 2.11 bits per heavy atom. The van der Waals surface area contributed by atoms with Gasteiger partial charge in [-0.15, -0.1) is 0 Å². The molecular formula is C15H18O3. The van der Waals surface area contributed by atoms with E-state index < -0.39 is 17.1 Å². The van der Waals surface area contributed by atoms with Crippen LogP contribution in [0.2, 0.25) is 0 Å². The molecule has 1 unspecified atom stereocenters. The zero-order valence-electron chi connectivity index (χ0n) is 11.2. The summed E-state index contributed by atoms with van der Waals surface area (Å²) in [6, 6.07) is 8.91. The highest BCUT2D eigenvalue weighted by molar-refractivity contribution is 6.14. The van der Waals surface area contributed by atoms with E-state index in [1.54, 1.807) is 52.0 Å². The number of hydrogen-bond acceptors (Lipinski definition) is 3. The van der Waals surface area contributed by atoms with Gasteiger partial charge in [0.15, 0.2) is 11.6 Å². The first kappa shape index (κ1) is 13.0. The summed E-state index contributed by atoms with van der Waals surface area (Å²) in [5.41, 5.74) is -1.09. The Morgan fingerprint density at radius 2 is 1.67 bits per heavy atom. The van der Waals surface area contributed by atoms with Gasteiger partial charge in [0.1, 0.15) is 11.5 Å². The van der Waals surface area contributed by atoms with Crippen LogP contribution in [0, 0.1) is 5.92 Å². The van der Waals surface area contributed by atoms with Crippen molar-refractivity contribution in [2.24, 2.45) is 5.92 Å². The number of benzene rings is 1. The van der Waals surface area contributed by atoms with Crippen LogP contribution >= 0.6 is 0 Å². The highest BCUT2D eigenvalue weighted by Crippen LogP contribution is 2.40. The Labute approximate surface area is 107 Å². The summed E-state index contributed by atoms with van der Waals surface area (Å²) in [7, 11) is 0. The van der Waals surface area contributed by atoms with Gasteiger partial charge in [0.05, 0.1) is 5.60 Å². The van der Waals surface area contributed by atoms with Crippen molar-refractivity contribution in [2.75, 3.05) is 0 Å². The predicted octanol–water partition coefficient (Wildman–Crippen LogP) is 2.64. The normalized spacial score (nSPS) is 25.1. The molecule has 1 fully saturated rings. The lowest BCUT2D eigenvalue weighted by Gasteiger charge is -2.24. The van der Waals surface area contributed by atoms with E-state index in [0.717, 1.165) is 0 Å². The number of ether oxygens (including phenoxy) is 1. The van der Waals surface area contributed by atoms with Crippen molar-refractivity contribution in [3.63, 3.8) is 0 Å². The molecule has 1 saturated heterocycles. The predicted molar refractivity (Wildman–Crippen MR) is 68.5 cm³/mol. The van der Waals surface area contributed by atoms with Crippen LogP contribution in [0.15, 0.2) is 30.3 Å². The molecule has 0 saturated carbocycles. The van der Waals surface area contributed by atoms with Crippen molar-refractivity contribution in [2.45, 2.75) is 38.9 Å². The first-order valence-electron chi connectivity index (χ1n) is 6.09. The second kappa shape index (κ2) is 4.02. The summed E-state index contributed by atoms with van der Waals surface area (Å²) >= 11 is 0. The van der Waals surface area contributed by atoms with Gasteiger partial charge in [-0.25, -0.2) is 0 Å². The molecule has 1 aliphatic heterocycles. The molecule has 0 radical (unpaired) electrons. The number of rotatable bonds is 2. The van der Waals surface area contributed by atoms with Crippen LogP contribution < -0.4 is 0 Å². The quantitative estimate of drug-likeness (QED) is 0.595. The molecule has 1 aromatic carbocycles. The summed E-state index contributed by atoms with van der Waals surface area (Å²) in [6.07, 6.45) is 0. The third-order valence-electron chi connectivity index (χ3n) is 3.39. The van der Waals surface area contributed by atoms with Crippen LogP contribution in [-0.4, -0.2) is 22.8 Å². The third kappa shape index (κ3) is 1.99. The smallest absolute Gasteiger partial charge is 0.177 e. The van der Waals surface area contributed by atoms with Crippen molar-refractivity contribution in [3.8, 4) is 0 Å². The van der Waals surface area contributed by atoms with Crippen molar-refractivity contribution >= 4 is 11.6 Å². The molecule has 1 atom stereocenters. The number of ketones is 2. The number of hydrogen-bond donors (Lipinski definition) is 0. The van der Waals surface area contributed by atoms with Gasteiger partial charge in [-0.1, -0.05) is 30.3 Å². The molecule has 0 aromatic heterocycles. The van der Waals surface area contributed by atoms with Gasteiger partial charge in [0.2, 0.25) is 0 Å². The average molecular weight is 246 g/mol. The molecule has 1 aliphatic rings. The molecule has 0 aliphatic carbocycles. The molecular weight excluding hydrogens is 228 g/mol. The van der Waals surface area contributed by atoms with E-state index in [4.69, 9.17) is 4.74 Å². The average Bonchev–Trinajstić information content (AvgIpc) is 2.44. The lowest BCUT2D eigenvalue weighted by Crippen LogP contribution is -2.37. The van der Waals surface area contributed by atoms with Crippen molar-refractivity contribution in [3.05, 3.63) is 35.9 Å². The van der Waals surface area contributed by atoms with Crippen LogP contribution in [0.5, 0.6) is 0 Å². The molecule has 1 heterocycles. The van der Waals surface area contributed by atoms with E-state index in [-0.39, 0.29) is 11.6 Å². The van der Waals surface area contributed by atoms with Crippen LogP contribution in [0.1, 0.15) is 38.1 Å². The Bertz CT molecular complexity index is 486. The van der Waals surface area contributed by atoms with Crippen molar-refractivity contribution in [1.29, 1.82) is 0 Å². The monoisotopic (exact) mass is 246 g/mol. The maximum absolute atomic E-state index is 12.5. The Hall–Kier alpha value is -1.48. The minimum atomic E-state index is -0.890. The zero-order valence-corrected chi connectivity index (χ0v) is 11.2. The molecule has 3 nitrogen and oxygen atoms in total. The minimum absolute atomic E-state index is 0.138. The van der Waals surface area contributed by atoms with E-state index in [2.05, 4.69) is 0 Å². The van der Waals surface area contributed by atoms with E-state index >= 15 is 0 Å². The molecule has 2 rings (SSSR count). The molecule has 3 heteroatoms.